The maximum atomic E-state index is 9.97. The van der Waals surface area contributed by atoms with Crippen LogP contribution in [0.15, 0.2) is 219 Å². The number of pyridine rings is 1. The molecule has 298 valence electrons. The van der Waals surface area contributed by atoms with E-state index in [0.29, 0.717) is 11.4 Å². The highest BCUT2D eigenvalue weighted by molar-refractivity contribution is 6.12. The number of fused-ring (bicyclic) bond motifs is 6. The smallest absolute Gasteiger partial charge is 0.160 e. The van der Waals surface area contributed by atoms with Gasteiger partial charge in [-0.25, -0.2) is 9.97 Å². The van der Waals surface area contributed by atoms with Gasteiger partial charge in [-0.1, -0.05) is 127 Å². The van der Waals surface area contributed by atoms with Gasteiger partial charge in [0.2, 0.25) is 0 Å². The molecule has 0 saturated heterocycles. The summed E-state index contributed by atoms with van der Waals surface area (Å²) in [5.74, 6) is 0.674. The molecular weight excluding hydrogens is 781 g/mol. The molecule has 0 amide bonds. The second kappa shape index (κ2) is 15.2. The average molecular weight is 817 g/mol. The molecule has 6 heteroatoms. The highest BCUT2D eigenvalue weighted by Gasteiger charge is 2.21. The van der Waals surface area contributed by atoms with E-state index in [9.17, 15) is 5.26 Å². The Morgan fingerprint density at radius 2 is 0.859 bits per heavy atom. The summed E-state index contributed by atoms with van der Waals surface area (Å²) in [6.07, 6.45) is 3.59. The van der Waals surface area contributed by atoms with Crippen LogP contribution in [0.5, 0.6) is 0 Å². The van der Waals surface area contributed by atoms with Crippen molar-refractivity contribution in [3.05, 3.63) is 224 Å². The molecule has 12 rings (SSSR count). The number of hydrogen-bond donors (Lipinski definition) is 0. The first kappa shape index (κ1) is 36.9. The van der Waals surface area contributed by atoms with Crippen LogP contribution in [-0.4, -0.2) is 24.1 Å². The molecule has 0 aliphatic rings. The first-order chi connectivity index (χ1) is 31.7. The molecule has 12 aromatic rings. The minimum atomic E-state index is 0.603. The predicted octanol–water partition coefficient (Wildman–Crippen LogP) is 14.3. The van der Waals surface area contributed by atoms with Crippen LogP contribution in [0.2, 0.25) is 0 Å². The molecule has 0 aliphatic carbocycles. The molecule has 64 heavy (non-hydrogen) atoms. The van der Waals surface area contributed by atoms with Crippen LogP contribution in [0.4, 0.5) is 0 Å². The molecule has 4 aromatic heterocycles. The van der Waals surface area contributed by atoms with Crippen LogP contribution in [0.25, 0.3) is 111 Å². The molecule has 0 fully saturated rings. The van der Waals surface area contributed by atoms with Crippen molar-refractivity contribution in [3.63, 3.8) is 0 Å². The summed E-state index contributed by atoms with van der Waals surface area (Å²) in [4.78, 5) is 14.6. The van der Waals surface area contributed by atoms with Crippen molar-refractivity contribution in [3.8, 4) is 73.6 Å². The zero-order valence-electron chi connectivity index (χ0n) is 34.5. The monoisotopic (exact) mass is 816 g/mol. The van der Waals surface area contributed by atoms with E-state index in [0.717, 1.165) is 94.5 Å². The number of rotatable bonds is 7. The van der Waals surface area contributed by atoms with E-state index in [1.54, 1.807) is 12.4 Å². The Morgan fingerprint density at radius 3 is 1.48 bits per heavy atom. The normalized spacial score (nSPS) is 11.4. The highest BCUT2D eigenvalue weighted by atomic mass is 15.0. The molecule has 0 saturated carbocycles. The lowest BCUT2D eigenvalue weighted by atomic mass is 9.97. The summed E-state index contributed by atoms with van der Waals surface area (Å²) in [6.45, 7) is 0. The van der Waals surface area contributed by atoms with Gasteiger partial charge >= 0.3 is 0 Å². The van der Waals surface area contributed by atoms with E-state index in [1.165, 1.54) is 10.8 Å². The molecule has 0 unspecified atom stereocenters. The lowest BCUT2D eigenvalue weighted by molar-refractivity contribution is 1.17. The van der Waals surface area contributed by atoms with Crippen LogP contribution >= 0.6 is 0 Å². The topological polar surface area (TPSA) is 72.3 Å². The van der Waals surface area contributed by atoms with Crippen molar-refractivity contribution in [1.82, 2.24) is 24.1 Å². The Bertz CT molecular complexity index is 3680. The van der Waals surface area contributed by atoms with Gasteiger partial charge in [-0.05, 0) is 90.0 Å². The maximum absolute atomic E-state index is 9.97. The number of hydrogen-bond acceptors (Lipinski definition) is 4. The molecule has 6 nitrogen and oxygen atoms in total. The molecular formula is C58H36N6. The minimum Gasteiger partial charge on any atom is -0.309 e. The van der Waals surface area contributed by atoms with E-state index < -0.39 is 0 Å². The molecule has 4 heterocycles. The first-order valence-corrected chi connectivity index (χ1v) is 21.3. The van der Waals surface area contributed by atoms with Crippen molar-refractivity contribution < 1.29 is 0 Å². The highest BCUT2D eigenvalue weighted by Crippen LogP contribution is 2.42. The number of benzene rings is 8. The van der Waals surface area contributed by atoms with E-state index in [-0.39, 0.29) is 0 Å². The molecule has 8 aromatic carbocycles. The molecule has 0 atom stereocenters. The fourth-order valence-corrected chi connectivity index (χ4v) is 9.34. The Kier molecular flexibility index (Phi) is 8.77. The summed E-state index contributed by atoms with van der Waals surface area (Å²) in [5.41, 5.74) is 15.8. The van der Waals surface area contributed by atoms with Gasteiger partial charge in [0.1, 0.15) is 0 Å². The Hall–Kier alpha value is -8.92. The molecule has 0 radical (unpaired) electrons. The molecule has 0 bridgehead atoms. The average Bonchev–Trinajstić information content (AvgIpc) is 3.89. The van der Waals surface area contributed by atoms with Crippen LogP contribution in [0.3, 0.4) is 0 Å². The predicted molar refractivity (Wildman–Crippen MR) is 260 cm³/mol. The maximum Gasteiger partial charge on any atom is 0.160 e. The molecule has 0 N–H and O–H groups in total. The third kappa shape index (κ3) is 6.14. The fraction of sp³-hybridized carbons (Fsp3) is 0. The number of nitrogens with zero attached hydrogens (tertiary/aromatic N) is 6. The fourth-order valence-electron chi connectivity index (χ4n) is 9.34. The lowest BCUT2D eigenvalue weighted by Crippen LogP contribution is -2.00. The summed E-state index contributed by atoms with van der Waals surface area (Å²) in [6, 6.07) is 74.4. The van der Waals surface area contributed by atoms with Gasteiger partial charge in [-0.3, -0.25) is 4.98 Å². The van der Waals surface area contributed by atoms with Gasteiger partial charge < -0.3 is 9.13 Å². The largest absolute Gasteiger partial charge is 0.309 e. The van der Waals surface area contributed by atoms with Crippen molar-refractivity contribution in [2.45, 2.75) is 0 Å². The van der Waals surface area contributed by atoms with Crippen LogP contribution in [-0.2, 0) is 0 Å². The van der Waals surface area contributed by atoms with Crippen molar-refractivity contribution >= 4 is 43.6 Å². The van der Waals surface area contributed by atoms with E-state index >= 15 is 0 Å². The summed E-state index contributed by atoms with van der Waals surface area (Å²) < 4.78 is 4.73. The second-order valence-corrected chi connectivity index (χ2v) is 16.0. The quantitative estimate of drug-likeness (QED) is 0.161. The summed E-state index contributed by atoms with van der Waals surface area (Å²) in [7, 11) is 0. The van der Waals surface area contributed by atoms with E-state index in [2.05, 4.69) is 166 Å². The minimum absolute atomic E-state index is 0.603. The number of aromatic nitrogens is 5. The van der Waals surface area contributed by atoms with Gasteiger partial charge in [0, 0.05) is 61.8 Å². The van der Waals surface area contributed by atoms with E-state index in [1.807, 2.05) is 60.7 Å². The third-order valence-electron chi connectivity index (χ3n) is 12.3. The summed E-state index contributed by atoms with van der Waals surface area (Å²) >= 11 is 0. The van der Waals surface area contributed by atoms with Gasteiger partial charge in [0.25, 0.3) is 0 Å². The van der Waals surface area contributed by atoms with Gasteiger partial charge in [-0.2, -0.15) is 5.26 Å². The number of nitriles is 1. The molecule has 0 aliphatic heterocycles. The number of para-hydroxylation sites is 3. The first-order valence-electron chi connectivity index (χ1n) is 21.3. The zero-order valence-corrected chi connectivity index (χ0v) is 34.5. The Morgan fingerprint density at radius 1 is 0.359 bits per heavy atom. The van der Waals surface area contributed by atoms with Crippen molar-refractivity contribution in [1.29, 1.82) is 5.26 Å². The van der Waals surface area contributed by atoms with Gasteiger partial charge in [-0.15, -0.1) is 0 Å². The Balaban J connectivity index is 1.12. The van der Waals surface area contributed by atoms with Gasteiger partial charge in [0.15, 0.2) is 5.82 Å². The van der Waals surface area contributed by atoms with Crippen molar-refractivity contribution in [2.75, 3.05) is 0 Å². The van der Waals surface area contributed by atoms with E-state index in [4.69, 9.17) is 9.97 Å². The second-order valence-electron chi connectivity index (χ2n) is 16.0. The third-order valence-corrected chi connectivity index (χ3v) is 12.3. The van der Waals surface area contributed by atoms with Crippen LogP contribution in [0.1, 0.15) is 5.56 Å². The standard InChI is InChI=1S/C58H36N6/c59-37-38-23-26-55(47(33-38)39-29-31-60-32-30-39)64-54-22-12-9-19-46(54)49-34-42(24-27-57(49)64)48-35-43(25-28-56(48)63-52-20-10-7-17-44(52)45-18-8-11-21-53(45)63)51-36-50(40-13-3-1-4-14-40)61-58(62-51)41-15-5-2-6-16-41/h1-36H. The summed E-state index contributed by atoms with van der Waals surface area (Å²) in [5, 5.41) is 14.6. The van der Waals surface area contributed by atoms with Crippen LogP contribution < -0.4 is 0 Å². The van der Waals surface area contributed by atoms with Crippen molar-refractivity contribution in [2.24, 2.45) is 0 Å². The van der Waals surface area contributed by atoms with Gasteiger partial charge in [0.05, 0.1) is 56.5 Å². The van der Waals surface area contributed by atoms with Crippen LogP contribution in [0, 0.1) is 11.3 Å². The SMILES string of the molecule is N#Cc1ccc(-n2c3ccccc3c3cc(-c4cc(-c5cc(-c6ccccc6)nc(-c6ccccc6)n5)ccc4-n4c5ccccc5c5ccccc54)ccc32)c(-c2ccncc2)c1. The zero-order chi connectivity index (χ0) is 42.6. The molecule has 0 spiro atoms. The lowest BCUT2D eigenvalue weighted by Gasteiger charge is -2.17. The Labute approximate surface area is 369 Å².